The van der Waals surface area contributed by atoms with Crippen LogP contribution in [-0.2, 0) is 14.3 Å². The predicted molar refractivity (Wildman–Crippen MR) is 153 cm³/mol. The van der Waals surface area contributed by atoms with Gasteiger partial charge in [0.25, 0.3) is 5.91 Å². The molecule has 0 fully saturated rings. The number of ether oxygens (including phenoxy) is 1. The van der Waals surface area contributed by atoms with E-state index in [1.807, 2.05) is 50.2 Å². The number of thiazole rings is 2. The van der Waals surface area contributed by atoms with Gasteiger partial charge < -0.3 is 10.1 Å². The zero-order chi connectivity index (χ0) is 26.6. The van der Waals surface area contributed by atoms with Crippen LogP contribution in [0, 0.1) is 13.8 Å². The third kappa shape index (κ3) is 6.18. The minimum Gasteiger partial charge on any atom is -0.452 e. The van der Waals surface area contributed by atoms with Gasteiger partial charge in [-0.05, 0) is 61.4 Å². The van der Waals surface area contributed by atoms with Gasteiger partial charge in [0.2, 0.25) is 5.91 Å². The first kappa shape index (κ1) is 25.8. The molecule has 0 aliphatic heterocycles. The fourth-order valence-electron chi connectivity index (χ4n) is 3.59. The van der Waals surface area contributed by atoms with Crippen molar-refractivity contribution in [2.45, 2.75) is 18.7 Å². The van der Waals surface area contributed by atoms with Crippen molar-refractivity contribution < 1.29 is 19.1 Å². The van der Waals surface area contributed by atoms with Crippen LogP contribution >= 0.6 is 34.4 Å². The second-order valence-electron chi connectivity index (χ2n) is 8.44. The number of fused-ring (bicyclic) bond motifs is 2. The van der Waals surface area contributed by atoms with E-state index in [1.165, 1.54) is 34.4 Å². The molecule has 2 aromatic heterocycles. The van der Waals surface area contributed by atoms with Crippen molar-refractivity contribution in [3.8, 4) is 0 Å². The van der Waals surface area contributed by atoms with Gasteiger partial charge in [-0.25, -0.2) is 14.8 Å². The highest BCUT2D eigenvalue weighted by molar-refractivity contribution is 8.00. The smallest absolute Gasteiger partial charge is 0.339 e. The summed E-state index contributed by atoms with van der Waals surface area (Å²) in [5.74, 6) is -1.29. The Morgan fingerprint density at radius 2 is 1.39 bits per heavy atom. The second-order valence-corrected chi connectivity index (χ2v) is 11.5. The Kier molecular flexibility index (Phi) is 7.68. The van der Waals surface area contributed by atoms with Gasteiger partial charge in [0.1, 0.15) is 0 Å². The minimum absolute atomic E-state index is 0.0802. The van der Waals surface area contributed by atoms with Crippen LogP contribution in [0.3, 0.4) is 0 Å². The van der Waals surface area contributed by atoms with Crippen LogP contribution in [0.1, 0.15) is 21.5 Å². The van der Waals surface area contributed by atoms with E-state index in [-0.39, 0.29) is 17.2 Å². The van der Waals surface area contributed by atoms with Crippen LogP contribution in [0.25, 0.3) is 20.4 Å². The number of rotatable bonds is 8. The number of hydrogen-bond donors (Lipinski definition) is 2. The molecule has 5 rings (SSSR count). The quantitative estimate of drug-likeness (QED) is 0.175. The number of hydrogen-bond acceptors (Lipinski definition) is 9. The molecule has 5 aromatic rings. The van der Waals surface area contributed by atoms with Gasteiger partial charge in [0.15, 0.2) is 16.9 Å². The van der Waals surface area contributed by atoms with Crippen LogP contribution < -0.4 is 10.6 Å². The Morgan fingerprint density at radius 1 is 0.816 bits per heavy atom. The average molecular weight is 563 g/mol. The molecule has 0 saturated carbocycles. The molecule has 0 bridgehead atoms. The van der Waals surface area contributed by atoms with Gasteiger partial charge in [-0.15, -0.1) is 11.8 Å². The van der Waals surface area contributed by atoms with Gasteiger partial charge >= 0.3 is 5.97 Å². The van der Waals surface area contributed by atoms with Gasteiger partial charge in [0, 0.05) is 4.90 Å². The van der Waals surface area contributed by atoms with Crippen molar-refractivity contribution in [3.63, 3.8) is 0 Å². The Labute approximate surface area is 230 Å². The minimum atomic E-state index is -0.648. The maximum atomic E-state index is 12.7. The summed E-state index contributed by atoms with van der Waals surface area (Å²) >= 11 is 3.98. The van der Waals surface area contributed by atoms with Crippen LogP contribution in [0.15, 0.2) is 65.6 Å². The van der Waals surface area contributed by atoms with Crippen LogP contribution in [0.4, 0.5) is 10.3 Å². The summed E-state index contributed by atoms with van der Waals surface area (Å²) in [7, 11) is 0. The number of carbonyl (C=O) groups is 3. The van der Waals surface area contributed by atoms with E-state index >= 15 is 0 Å². The van der Waals surface area contributed by atoms with Crippen molar-refractivity contribution in [1.29, 1.82) is 0 Å². The molecule has 0 atom stereocenters. The van der Waals surface area contributed by atoms with Crippen LogP contribution in [0.2, 0.25) is 0 Å². The fraction of sp³-hybridized carbons (Fsp3) is 0.148. The van der Waals surface area contributed by atoms with E-state index in [1.54, 1.807) is 24.3 Å². The third-order valence-corrected chi connectivity index (χ3v) is 8.32. The molecule has 11 heteroatoms. The van der Waals surface area contributed by atoms with E-state index in [2.05, 4.69) is 20.6 Å². The van der Waals surface area contributed by atoms with Crippen molar-refractivity contribution in [1.82, 2.24) is 9.97 Å². The standard InChI is InChI=1S/C27H22N4O4S3/c1-15-7-9-18-21(11-15)37-26(28-18)30-23(32)13-35-25(34)17-5-3-4-6-20(17)36-14-24(33)31-27-29-19-10-8-16(2)12-22(19)38-27/h3-12H,13-14H2,1-2H3,(H,28,30,32)(H,29,31,33). The van der Waals surface area contributed by atoms with Gasteiger partial charge in [-0.3, -0.25) is 14.9 Å². The first-order valence-corrected chi connectivity index (χ1v) is 14.2. The molecule has 192 valence electrons. The highest BCUT2D eigenvalue weighted by atomic mass is 32.2. The fourth-order valence-corrected chi connectivity index (χ4v) is 6.40. The number of anilines is 2. The van der Waals surface area contributed by atoms with Crippen molar-refractivity contribution >= 4 is 82.9 Å². The summed E-state index contributed by atoms with van der Waals surface area (Å²) in [6.07, 6.45) is 0. The molecule has 2 amide bonds. The Balaban J connectivity index is 1.15. The summed E-state index contributed by atoms with van der Waals surface area (Å²) in [5, 5.41) is 6.46. The highest BCUT2D eigenvalue weighted by Crippen LogP contribution is 2.29. The van der Waals surface area contributed by atoms with Crippen molar-refractivity contribution in [3.05, 3.63) is 77.4 Å². The molecule has 2 N–H and O–H groups in total. The lowest BCUT2D eigenvalue weighted by atomic mass is 10.2. The molecule has 0 aliphatic carbocycles. The number of carbonyl (C=O) groups excluding carboxylic acids is 3. The number of amides is 2. The monoisotopic (exact) mass is 562 g/mol. The molecule has 3 aromatic carbocycles. The SMILES string of the molecule is Cc1ccc2nc(NC(=O)COC(=O)c3ccccc3SCC(=O)Nc3nc4ccc(C)cc4s3)sc2c1. The zero-order valence-corrected chi connectivity index (χ0v) is 22.9. The number of esters is 1. The molecule has 0 aliphatic rings. The molecular weight excluding hydrogens is 541 g/mol. The van der Waals surface area contributed by atoms with Gasteiger partial charge in [-0.1, -0.05) is 46.9 Å². The molecule has 2 heterocycles. The lowest BCUT2D eigenvalue weighted by molar-refractivity contribution is -0.119. The number of aromatic nitrogens is 2. The number of aryl methyl sites for hydroxylation is 2. The van der Waals surface area contributed by atoms with Gasteiger partial charge in [-0.2, -0.15) is 0 Å². The van der Waals surface area contributed by atoms with Crippen LogP contribution in [0.5, 0.6) is 0 Å². The molecular formula is C27H22N4O4S3. The van der Waals surface area contributed by atoms with Gasteiger partial charge in [0.05, 0.1) is 31.7 Å². The molecule has 0 saturated heterocycles. The molecule has 0 unspecified atom stereocenters. The number of benzene rings is 3. The average Bonchev–Trinajstić information content (AvgIpc) is 3.48. The summed E-state index contributed by atoms with van der Waals surface area (Å²) in [6, 6.07) is 18.6. The molecule has 8 nitrogen and oxygen atoms in total. The zero-order valence-electron chi connectivity index (χ0n) is 20.4. The second kappa shape index (κ2) is 11.3. The van der Waals surface area contributed by atoms with E-state index < -0.39 is 18.5 Å². The summed E-state index contributed by atoms with van der Waals surface area (Å²) in [5.41, 5.74) is 4.14. The molecule has 0 spiro atoms. The first-order valence-electron chi connectivity index (χ1n) is 11.6. The van der Waals surface area contributed by atoms with E-state index in [0.717, 1.165) is 31.6 Å². The lowest BCUT2D eigenvalue weighted by Gasteiger charge is -2.09. The Bertz CT molecular complexity index is 1680. The lowest BCUT2D eigenvalue weighted by Crippen LogP contribution is -2.21. The first-order chi connectivity index (χ1) is 18.3. The molecule has 0 radical (unpaired) electrons. The number of nitrogens with one attached hydrogen (secondary N) is 2. The van der Waals surface area contributed by atoms with E-state index in [0.29, 0.717) is 15.2 Å². The Hall–Kier alpha value is -3.80. The van der Waals surface area contributed by atoms with E-state index in [9.17, 15) is 14.4 Å². The topological polar surface area (TPSA) is 110 Å². The normalized spacial score (nSPS) is 11.0. The number of thioether (sulfide) groups is 1. The maximum absolute atomic E-state index is 12.7. The summed E-state index contributed by atoms with van der Waals surface area (Å²) < 4.78 is 7.21. The largest absolute Gasteiger partial charge is 0.452 e. The van der Waals surface area contributed by atoms with Crippen molar-refractivity contribution in [2.75, 3.05) is 23.0 Å². The van der Waals surface area contributed by atoms with Crippen molar-refractivity contribution in [2.24, 2.45) is 0 Å². The molecule has 38 heavy (non-hydrogen) atoms. The summed E-state index contributed by atoms with van der Waals surface area (Å²) in [4.78, 5) is 47.0. The van der Waals surface area contributed by atoms with E-state index in [4.69, 9.17) is 4.74 Å². The summed E-state index contributed by atoms with van der Waals surface area (Å²) in [6.45, 7) is 3.54. The number of nitrogens with zero attached hydrogens (tertiary/aromatic N) is 2. The maximum Gasteiger partial charge on any atom is 0.339 e. The predicted octanol–water partition coefficient (Wildman–Crippen LogP) is 6.05. The Morgan fingerprint density at radius 3 is 2.03 bits per heavy atom. The third-order valence-electron chi connectivity index (χ3n) is 5.38. The van der Waals surface area contributed by atoms with Crippen LogP contribution in [-0.4, -0.2) is 40.1 Å². The highest BCUT2D eigenvalue weighted by Gasteiger charge is 2.17.